The van der Waals surface area contributed by atoms with Gasteiger partial charge >= 0.3 is 6.09 Å². The van der Waals surface area contributed by atoms with Crippen LogP contribution in [0.1, 0.15) is 40.2 Å². The molecule has 1 aromatic rings. The normalized spacial score (nSPS) is 13.7. The second-order valence-electron chi connectivity index (χ2n) is 6.88. The molecule has 0 aliphatic carbocycles. The van der Waals surface area contributed by atoms with Crippen LogP contribution in [0.5, 0.6) is 0 Å². The molecule has 1 rings (SSSR count). The standard InChI is InChI=1S/C19H27F2N3O2/c1-6-24(18(25)26-19(3,4)5)13(2)12-23-10-9-17(22)14-7-8-15(20)16(21)11-14/h7-11,13H,6,12,22H2,1-5H3/t13-/m0/s1. The molecule has 0 spiro atoms. The molecule has 0 aliphatic heterocycles. The zero-order valence-corrected chi connectivity index (χ0v) is 15.9. The molecule has 0 saturated carbocycles. The molecule has 0 radical (unpaired) electrons. The minimum Gasteiger partial charge on any atom is -0.444 e. The Labute approximate surface area is 153 Å². The number of carbonyl (C=O) groups excluding carboxylic acids is 1. The molecule has 0 aliphatic rings. The largest absolute Gasteiger partial charge is 0.444 e. The summed E-state index contributed by atoms with van der Waals surface area (Å²) in [6.45, 7) is 10.0. The number of carbonyl (C=O) groups is 1. The number of rotatable bonds is 6. The van der Waals surface area contributed by atoms with Crippen molar-refractivity contribution in [3.63, 3.8) is 0 Å². The summed E-state index contributed by atoms with van der Waals surface area (Å²) in [5, 5.41) is 0. The van der Waals surface area contributed by atoms with Crippen molar-refractivity contribution in [2.75, 3.05) is 13.1 Å². The lowest BCUT2D eigenvalue weighted by atomic mass is 10.1. The molecule has 2 N–H and O–H groups in total. The van der Waals surface area contributed by atoms with Crippen LogP contribution in [0.2, 0.25) is 0 Å². The van der Waals surface area contributed by atoms with Gasteiger partial charge in [0.1, 0.15) is 5.60 Å². The summed E-state index contributed by atoms with van der Waals surface area (Å²) in [5.41, 5.74) is 5.90. The molecule has 144 valence electrons. The van der Waals surface area contributed by atoms with E-state index in [-0.39, 0.29) is 17.8 Å². The van der Waals surface area contributed by atoms with Crippen molar-refractivity contribution in [1.29, 1.82) is 0 Å². The Balaban J connectivity index is 2.68. The topological polar surface area (TPSA) is 67.9 Å². The lowest BCUT2D eigenvalue weighted by Crippen LogP contribution is -2.43. The Morgan fingerprint density at radius 2 is 2.00 bits per heavy atom. The van der Waals surface area contributed by atoms with E-state index in [1.165, 1.54) is 18.4 Å². The fraction of sp³-hybridized carbons (Fsp3) is 0.474. The first-order valence-electron chi connectivity index (χ1n) is 8.45. The Hall–Kier alpha value is -2.44. The molecule has 7 heteroatoms. The van der Waals surface area contributed by atoms with E-state index in [0.717, 1.165) is 12.1 Å². The Kier molecular flexibility index (Phi) is 7.74. The van der Waals surface area contributed by atoms with Crippen molar-refractivity contribution in [3.8, 4) is 0 Å². The number of hydrogen-bond acceptors (Lipinski definition) is 4. The second-order valence-corrected chi connectivity index (χ2v) is 6.88. The van der Waals surface area contributed by atoms with Crippen LogP contribution in [-0.2, 0) is 4.74 Å². The van der Waals surface area contributed by atoms with Crippen LogP contribution < -0.4 is 5.73 Å². The maximum atomic E-state index is 13.2. The van der Waals surface area contributed by atoms with Gasteiger partial charge in [-0.05, 0) is 58.9 Å². The van der Waals surface area contributed by atoms with Gasteiger partial charge in [-0.25, -0.2) is 13.6 Å². The second kappa shape index (κ2) is 9.31. The highest BCUT2D eigenvalue weighted by Crippen LogP contribution is 2.14. The monoisotopic (exact) mass is 367 g/mol. The number of likely N-dealkylation sites (N-methyl/N-ethyl adjacent to an activating group) is 1. The maximum absolute atomic E-state index is 13.2. The third-order valence-electron chi connectivity index (χ3n) is 3.48. The van der Waals surface area contributed by atoms with Crippen molar-refractivity contribution in [2.45, 2.75) is 46.3 Å². The Morgan fingerprint density at radius 1 is 1.35 bits per heavy atom. The van der Waals surface area contributed by atoms with E-state index in [2.05, 4.69) is 4.99 Å². The first kappa shape index (κ1) is 21.6. The lowest BCUT2D eigenvalue weighted by Gasteiger charge is -2.30. The third kappa shape index (κ3) is 6.82. The lowest BCUT2D eigenvalue weighted by molar-refractivity contribution is 0.0196. The molecule has 0 heterocycles. The number of hydrogen-bond donors (Lipinski definition) is 1. The highest BCUT2D eigenvalue weighted by molar-refractivity contribution is 5.83. The van der Waals surface area contributed by atoms with Crippen LogP contribution in [0.3, 0.4) is 0 Å². The summed E-state index contributed by atoms with van der Waals surface area (Å²) in [4.78, 5) is 18.0. The smallest absolute Gasteiger partial charge is 0.410 e. The number of amides is 1. The van der Waals surface area contributed by atoms with Gasteiger partial charge in [-0.2, -0.15) is 0 Å². The maximum Gasteiger partial charge on any atom is 0.410 e. The summed E-state index contributed by atoms with van der Waals surface area (Å²) >= 11 is 0. The number of halogens is 2. The van der Waals surface area contributed by atoms with Gasteiger partial charge in [-0.3, -0.25) is 4.99 Å². The average Bonchev–Trinajstić information content (AvgIpc) is 2.52. The first-order chi connectivity index (χ1) is 12.0. The van der Waals surface area contributed by atoms with Crippen molar-refractivity contribution in [2.24, 2.45) is 10.7 Å². The highest BCUT2D eigenvalue weighted by atomic mass is 19.2. The van der Waals surface area contributed by atoms with Gasteiger partial charge in [0.15, 0.2) is 11.6 Å². The molecular formula is C19H27F2N3O2. The van der Waals surface area contributed by atoms with Crippen LogP contribution in [0.15, 0.2) is 29.3 Å². The first-order valence-corrected chi connectivity index (χ1v) is 8.45. The van der Waals surface area contributed by atoms with Crippen LogP contribution in [-0.4, -0.2) is 41.9 Å². The van der Waals surface area contributed by atoms with E-state index < -0.39 is 17.2 Å². The number of nitrogens with two attached hydrogens (primary N) is 1. The van der Waals surface area contributed by atoms with Crippen molar-refractivity contribution < 1.29 is 18.3 Å². The summed E-state index contributed by atoms with van der Waals surface area (Å²) < 4.78 is 31.5. The number of ether oxygens (including phenoxy) is 1. The molecule has 1 atom stereocenters. The molecule has 0 saturated heterocycles. The molecule has 1 amide bonds. The summed E-state index contributed by atoms with van der Waals surface area (Å²) in [5.74, 6) is -1.88. The summed E-state index contributed by atoms with van der Waals surface area (Å²) in [6.07, 6.45) is 2.60. The van der Waals surface area contributed by atoms with Gasteiger partial charge in [-0.15, -0.1) is 0 Å². The van der Waals surface area contributed by atoms with Crippen LogP contribution >= 0.6 is 0 Å². The number of nitrogens with zero attached hydrogens (tertiary/aromatic N) is 2. The Bertz CT molecular complexity index is 682. The highest BCUT2D eigenvalue weighted by Gasteiger charge is 2.24. The van der Waals surface area contributed by atoms with Crippen molar-refractivity contribution in [3.05, 3.63) is 41.5 Å². The van der Waals surface area contributed by atoms with E-state index >= 15 is 0 Å². The zero-order valence-electron chi connectivity index (χ0n) is 15.9. The van der Waals surface area contributed by atoms with Crippen LogP contribution in [0, 0.1) is 11.6 Å². The molecular weight excluding hydrogens is 340 g/mol. The molecule has 0 unspecified atom stereocenters. The van der Waals surface area contributed by atoms with Crippen molar-refractivity contribution >= 4 is 18.0 Å². The zero-order chi connectivity index (χ0) is 19.9. The van der Waals surface area contributed by atoms with E-state index in [9.17, 15) is 13.6 Å². The van der Waals surface area contributed by atoms with E-state index in [1.54, 1.807) is 4.90 Å². The van der Waals surface area contributed by atoms with E-state index in [0.29, 0.717) is 18.7 Å². The van der Waals surface area contributed by atoms with Gasteiger partial charge in [0.05, 0.1) is 12.6 Å². The van der Waals surface area contributed by atoms with Gasteiger partial charge < -0.3 is 15.4 Å². The molecule has 0 bridgehead atoms. The summed E-state index contributed by atoms with van der Waals surface area (Å²) in [7, 11) is 0. The van der Waals surface area contributed by atoms with Gasteiger partial charge in [0.2, 0.25) is 0 Å². The van der Waals surface area contributed by atoms with Crippen LogP contribution in [0.25, 0.3) is 5.70 Å². The predicted molar refractivity (Wildman–Crippen MR) is 100.0 cm³/mol. The molecule has 0 fully saturated rings. The number of allylic oxidation sites excluding steroid dienone is 1. The SMILES string of the molecule is CCN(C(=O)OC(C)(C)C)[C@@H](C)CN=CC=C(N)c1ccc(F)c(F)c1. The molecule has 26 heavy (non-hydrogen) atoms. The average molecular weight is 367 g/mol. The van der Waals surface area contributed by atoms with Gasteiger partial charge in [0.25, 0.3) is 0 Å². The van der Waals surface area contributed by atoms with E-state index in [1.807, 2.05) is 34.6 Å². The van der Waals surface area contributed by atoms with Gasteiger partial charge in [0, 0.05) is 24.0 Å². The number of aliphatic imine (C=N–C) groups is 1. The van der Waals surface area contributed by atoms with E-state index in [4.69, 9.17) is 10.5 Å². The fourth-order valence-corrected chi connectivity index (χ4v) is 2.16. The van der Waals surface area contributed by atoms with Gasteiger partial charge in [-0.1, -0.05) is 0 Å². The summed E-state index contributed by atoms with van der Waals surface area (Å²) in [6, 6.07) is 3.27. The minimum atomic E-state index is -0.958. The fourth-order valence-electron chi connectivity index (χ4n) is 2.16. The quantitative estimate of drug-likeness (QED) is 0.773. The third-order valence-corrected chi connectivity index (χ3v) is 3.48. The predicted octanol–water partition coefficient (Wildman–Crippen LogP) is 3.98. The van der Waals surface area contributed by atoms with Crippen LogP contribution in [0.4, 0.5) is 13.6 Å². The minimum absolute atomic E-state index is 0.163. The molecule has 0 aromatic heterocycles. The van der Waals surface area contributed by atoms with Crippen molar-refractivity contribution in [1.82, 2.24) is 4.90 Å². The Morgan fingerprint density at radius 3 is 2.54 bits per heavy atom. The molecule has 1 aromatic carbocycles. The molecule has 5 nitrogen and oxygen atoms in total. The number of benzene rings is 1.